The summed E-state index contributed by atoms with van der Waals surface area (Å²) in [5.74, 6) is 1.07. The normalized spacial score (nSPS) is 15.0. The molecular weight excluding hydrogens is 289 g/mol. The van der Waals surface area contributed by atoms with Crippen molar-refractivity contribution in [3.8, 4) is 5.75 Å². The number of benzene rings is 1. The van der Waals surface area contributed by atoms with E-state index >= 15 is 0 Å². The highest BCUT2D eigenvalue weighted by atomic mass is 79.9. The number of hydroxylamine groups is 1. The molecule has 1 aromatic carbocycles. The highest BCUT2D eigenvalue weighted by Gasteiger charge is 2.23. The molecule has 0 spiro atoms. The summed E-state index contributed by atoms with van der Waals surface area (Å²) in [6.07, 6.45) is 2.45. The van der Waals surface area contributed by atoms with Gasteiger partial charge in [-0.2, -0.15) is 5.48 Å². The number of halogens is 2. The lowest BCUT2D eigenvalue weighted by atomic mass is 10.2. The standard InChI is InChI=1S/C12H15BrFNO2/c1-16-15-6-9-4-10(14)5-11(13)12(9)17-7-8-2-3-8/h4-5,8,15H,2-3,6-7H2,1H3. The van der Waals surface area contributed by atoms with Gasteiger partial charge in [-0.25, -0.2) is 4.39 Å². The van der Waals surface area contributed by atoms with Gasteiger partial charge >= 0.3 is 0 Å². The third-order valence-corrected chi connectivity index (χ3v) is 3.24. The maximum atomic E-state index is 13.3. The first-order valence-electron chi connectivity index (χ1n) is 5.57. The van der Waals surface area contributed by atoms with Crippen LogP contribution in [-0.2, 0) is 11.4 Å². The van der Waals surface area contributed by atoms with Crippen LogP contribution in [0, 0.1) is 11.7 Å². The van der Waals surface area contributed by atoms with E-state index in [1.54, 1.807) is 0 Å². The van der Waals surface area contributed by atoms with Crippen molar-refractivity contribution in [1.29, 1.82) is 0 Å². The van der Waals surface area contributed by atoms with Gasteiger partial charge < -0.3 is 9.57 Å². The summed E-state index contributed by atoms with van der Waals surface area (Å²) in [6.45, 7) is 1.11. The molecule has 1 fully saturated rings. The molecule has 0 unspecified atom stereocenters. The zero-order valence-corrected chi connectivity index (χ0v) is 11.2. The van der Waals surface area contributed by atoms with Crippen LogP contribution in [0.3, 0.4) is 0 Å². The van der Waals surface area contributed by atoms with E-state index in [-0.39, 0.29) is 5.82 Å². The van der Waals surface area contributed by atoms with Gasteiger partial charge in [-0.05, 0) is 46.8 Å². The van der Waals surface area contributed by atoms with Gasteiger partial charge in [0.05, 0.1) is 18.2 Å². The van der Waals surface area contributed by atoms with Crippen molar-refractivity contribution in [3.63, 3.8) is 0 Å². The van der Waals surface area contributed by atoms with Crippen molar-refractivity contribution in [2.75, 3.05) is 13.7 Å². The number of hydrogen-bond donors (Lipinski definition) is 1. The predicted octanol–water partition coefficient (Wildman–Crippen LogP) is 3.03. The molecule has 1 aliphatic rings. The fraction of sp³-hybridized carbons (Fsp3) is 0.500. The van der Waals surface area contributed by atoms with E-state index in [1.165, 1.54) is 32.1 Å². The zero-order chi connectivity index (χ0) is 12.3. The Morgan fingerprint density at radius 3 is 2.88 bits per heavy atom. The summed E-state index contributed by atoms with van der Waals surface area (Å²) in [5, 5.41) is 0. The van der Waals surface area contributed by atoms with Crippen LogP contribution in [-0.4, -0.2) is 13.7 Å². The summed E-state index contributed by atoms with van der Waals surface area (Å²) in [5.41, 5.74) is 3.44. The number of hydrogen-bond acceptors (Lipinski definition) is 3. The Kier molecular flexibility index (Phi) is 4.36. The zero-order valence-electron chi connectivity index (χ0n) is 9.63. The molecule has 3 nitrogen and oxygen atoms in total. The largest absolute Gasteiger partial charge is 0.492 e. The smallest absolute Gasteiger partial charge is 0.138 e. The van der Waals surface area contributed by atoms with E-state index in [9.17, 15) is 4.39 Å². The lowest BCUT2D eigenvalue weighted by Crippen LogP contribution is -2.13. The maximum Gasteiger partial charge on any atom is 0.138 e. The highest BCUT2D eigenvalue weighted by molar-refractivity contribution is 9.10. The minimum atomic E-state index is -0.288. The van der Waals surface area contributed by atoms with Crippen molar-refractivity contribution in [2.24, 2.45) is 5.92 Å². The Labute approximate surface area is 108 Å². The van der Waals surface area contributed by atoms with Gasteiger partial charge in [-0.15, -0.1) is 0 Å². The summed E-state index contributed by atoms with van der Waals surface area (Å²) in [7, 11) is 1.53. The average Bonchev–Trinajstić information content (AvgIpc) is 3.08. The van der Waals surface area contributed by atoms with Gasteiger partial charge in [0, 0.05) is 12.1 Å². The van der Waals surface area contributed by atoms with Crippen LogP contribution in [0.1, 0.15) is 18.4 Å². The number of rotatable bonds is 6. The van der Waals surface area contributed by atoms with Crippen molar-refractivity contribution < 1.29 is 14.0 Å². The first-order chi connectivity index (χ1) is 8.20. The third kappa shape index (κ3) is 3.66. The van der Waals surface area contributed by atoms with Crippen molar-refractivity contribution in [1.82, 2.24) is 5.48 Å². The topological polar surface area (TPSA) is 30.5 Å². The summed E-state index contributed by atoms with van der Waals surface area (Å²) in [6, 6.07) is 2.87. The second kappa shape index (κ2) is 5.80. The molecule has 94 valence electrons. The second-order valence-corrected chi connectivity index (χ2v) is 5.01. The molecule has 0 amide bonds. The highest BCUT2D eigenvalue weighted by Crippen LogP contribution is 2.34. The SMILES string of the molecule is CONCc1cc(F)cc(Br)c1OCC1CC1. The molecule has 0 aromatic heterocycles. The Bertz CT molecular complexity index is 396. The maximum absolute atomic E-state index is 13.3. The summed E-state index contributed by atoms with van der Waals surface area (Å²) in [4.78, 5) is 4.78. The molecule has 0 aliphatic heterocycles. The van der Waals surface area contributed by atoms with Crippen LogP contribution < -0.4 is 10.2 Å². The Morgan fingerprint density at radius 2 is 2.24 bits per heavy atom. The molecule has 0 bridgehead atoms. The van der Waals surface area contributed by atoms with Gasteiger partial charge in [0.1, 0.15) is 11.6 Å². The average molecular weight is 304 g/mol. The van der Waals surface area contributed by atoms with E-state index in [1.807, 2.05) is 0 Å². The lowest BCUT2D eigenvalue weighted by Gasteiger charge is -2.13. The lowest BCUT2D eigenvalue weighted by molar-refractivity contribution is 0.0858. The van der Waals surface area contributed by atoms with Crippen LogP contribution in [0.25, 0.3) is 0 Å². The molecule has 2 rings (SSSR count). The minimum absolute atomic E-state index is 0.288. The fourth-order valence-electron chi connectivity index (χ4n) is 1.54. The molecule has 1 aromatic rings. The van der Waals surface area contributed by atoms with Gasteiger partial charge in [0.15, 0.2) is 0 Å². The summed E-state index contributed by atoms with van der Waals surface area (Å²) < 4.78 is 19.7. The minimum Gasteiger partial charge on any atom is -0.492 e. The summed E-state index contributed by atoms with van der Waals surface area (Å²) >= 11 is 3.33. The Morgan fingerprint density at radius 1 is 1.47 bits per heavy atom. The molecule has 1 saturated carbocycles. The monoisotopic (exact) mass is 303 g/mol. The second-order valence-electron chi connectivity index (χ2n) is 4.16. The molecule has 17 heavy (non-hydrogen) atoms. The van der Waals surface area contributed by atoms with Crippen LogP contribution >= 0.6 is 15.9 Å². The van der Waals surface area contributed by atoms with Gasteiger partial charge in [0.25, 0.3) is 0 Å². The van der Waals surface area contributed by atoms with Crippen LogP contribution in [0.15, 0.2) is 16.6 Å². The molecule has 0 radical (unpaired) electrons. The molecule has 1 aliphatic carbocycles. The molecule has 0 heterocycles. The first-order valence-corrected chi connectivity index (χ1v) is 6.36. The van der Waals surface area contributed by atoms with E-state index < -0.39 is 0 Å². The molecular formula is C12H15BrFNO2. The van der Waals surface area contributed by atoms with E-state index in [2.05, 4.69) is 21.4 Å². The van der Waals surface area contributed by atoms with E-state index in [0.717, 1.165) is 5.56 Å². The van der Waals surface area contributed by atoms with Crippen LogP contribution in [0.5, 0.6) is 5.75 Å². The fourth-order valence-corrected chi connectivity index (χ4v) is 2.13. The van der Waals surface area contributed by atoms with Crippen molar-refractivity contribution in [3.05, 3.63) is 28.0 Å². The third-order valence-electron chi connectivity index (χ3n) is 2.65. The van der Waals surface area contributed by atoms with E-state index in [0.29, 0.717) is 29.3 Å². The number of nitrogens with one attached hydrogen (secondary N) is 1. The van der Waals surface area contributed by atoms with Gasteiger partial charge in [-0.3, -0.25) is 0 Å². The van der Waals surface area contributed by atoms with Gasteiger partial charge in [0.2, 0.25) is 0 Å². The Hall–Kier alpha value is -0.650. The molecule has 0 saturated heterocycles. The quantitative estimate of drug-likeness (QED) is 0.820. The van der Waals surface area contributed by atoms with Gasteiger partial charge in [-0.1, -0.05) is 0 Å². The molecule has 0 atom stereocenters. The van der Waals surface area contributed by atoms with Crippen LogP contribution in [0.4, 0.5) is 4.39 Å². The number of ether oxygens (including phenoxy) is 1. The van der Waals surface area contributed by atoms with Crippen molar-refractivity contribution in [2.45, 2.75) is 19.4 Å². The molecule has 5 heteroatoms. The Balaban J connectivity index is 2.12. The van der Waals surface area contributed by atoms with E-state index in [4.69, 9.17) is 9.57 Å². The van der Waals surface area contributed by atoms with Crippen LogP contribution in [0.2, 0.25) is 0 Å². The van der Waals surface area contributed by atoms with Crippen molar-refractivity contribution >= 4 is 15.9 Å². The first kappa shape index (κ1) is 12.8. The molecule has 1 N–H and O–H groups in total. The predicted molar refractivity (Wildman–Crippen MR) is 66.2 cm³/mol.